The lowest BCUT2D eigenvalue weighted by atomic mass is 10.2. The van der Waals surface area contributed by atoms with Crippen LogP contribution in [0.1, 0.15) is 5.56 Å². The van der Waals surface area contributed by atoms with Crippen LogP contribution in [0.3, 0.4) is 0 Å². The van der Waals surface area contributed by atoms with E-state index in [0.29, 0.717) is 16.4 Å². The molecule has 6 nitrogen and oxygen atoms in total. The Morgan fingerprint density at radius 1 is 1.11 bits per heavy atom. The van der Waals surface area contributed by atoms with Gasteiger partial charge in [0.05, 0.1) is 25.8 Å². The van der Waals surface area contributed by atoms with Crippen molar-refractivity contribution >= 4 is 50.6 Å². The monoisotopic (exact) mass is 448 g/mol. The number of carbonyl (C=O) groups is 2. The molecule has 1 aliphatic rings. The van der Waals surface area contributed by atoms with Crippen LogP contribution in [0.5, 0.6) is 11.5 Å². The van der Waals surface area contributed by atoms with E-state index in [0.717, 1.165) is 27.5 Å². The fourth-order valence-corrected chi connectivity index (χ4v) is 3.74. The van der Waals surface area contributed by atoms with Gasteiger partial charge in [0, 0.05) is 10.2 Å². The van der Waals surface area contributed by atoms with E-state index < -0.39 is 0 Å². The standard InChI is InChI=1S/C19H17BrN2O4S/c1-25-15-7-6-12(8-16(15)26-2)9-17-18(23)22(19(24)27-17)11-21-14-5-3-4-13(20)10-14/h3-10,21H,11H2,1-2H3/b17-9+. The number of carbonyl (C=O) groups excluding carboxylic acids is 2. The number of nitrogens with zero attached hydrogens (tertiary/aromatic N) is 1. The van der Waals surface area contributed by atoms with Gasteiger partial charge in [0.2, 0.25) is 0 Å². The lowest BCUT2D eigenvalue weighted by molar-refractivity contribution is -0.122. The van der Waals surface area contributed by atoms with Crippen molar-refractivity contribution in [2.24, 2.45) is 0 Å². The number of rotatable bonds is 6. The van der Waals surface area contributed by atoms with E-state index in [1.807, 2.05) is 24.3 Å². The van der Waals surface area contributed by atoms with E-state index in [4.69, 9.17) is 9.47 Å². The van der Waals surface area contributed by atoms with Gasteiger partial charge < -0.3 is 14.8 Å². The summed E-state index contributed by atoms with van der Waals surface area (Å²) in [6.07, 6.45) is 1.67. The van der Waals surface area contributed by atoms with Crippen LogP contribution in [0.4, 0.5) is 10.5 Å². The van der Waals surface area contributed by atoms with E-state index in [-0.39, 0.29) is 17.8 Å². The first-order chi connectivity index (χ1) is 13.0. The number of imide groups is 1. The maximum atomic E-state index is 12.6. The van der Waals surface area contributed by atoms with Crippen LogP contribution in [-0.4, -0.2) is 36.9 Å². The van der Waals surface area contributed by atoms with Gasteiger partial charge in [-0.1, -0.05) is 28.1 Å². The highest BCUT2D eigenvalue weighted by Crippen LogP contribution is 2.34. The highest BCUT2D eigenvalue weighted by Gasteiger charge is 2.34. The Hall–Kier alpha value is -2.45. The third-order valence-electron chi connectivity index (χ3n) is 3.84. The van der Waals surface area contributed by atoms with Crippen molar-refractivity contribution in [2.75, 3.05) is 26.2 Å². The SMILES string of the molecule is COc1ccc(/C=C2/SC(=O)N(CNc3cccc(Br)c3)C2=O)cc1OC. The van der Waals surface area contributed by atoms with Crippen molar-refractivity contribution in [2.45, 2.75) is 0 Å². The van der Waals surface area contributed by atoms with Gasteiger partial charge in [-0.15, -0.1) is 0 Å². The molecule has 8 heteroatoms. The van der Waals surface area contributed by atoms with Crippen LogP contribution in [-0.2, 0) is 4.79 Å². The molecule has 0 saturated carbocycles. The molecule has 2 aromatic rings. The van der Waals surface area contributed by atoms with Gasteiger partial charge in [-0.3, -0.25) is 14.5 Å². The highest BCUT2D eigenvalue weighted by molar-refractivity contribution is 9.10. The Bertz CT molecular complexity index is 916. The Labute approximate surface area is 169 Å². The molecule has 0 spiro atoms. The second-order valence-electron chi connectivity index (χ2n) is 5.57. The Kier molecular flexibility index (Phi) is 6.08. The second-order valence-corrected chi connectivity index (χ2v) is 7.48. The van der Waals surface area contributed by atoms with Crippen molar-refractivity contribution in [3.63, 3.8) is 0 Å². The number of benzene rings is 2. The summed E-state index contributed by atoms with van der Waals surface area (Å²) in [5.74, 6) is 0.824. The minimum Gasteiger partial charge on any atom is -0.493 e. The van der Waals surface area contributed by atoms with Gasteiger partial charge in [0.1, 0.15) is 0 Å². The molecule has 0 aromatic heterocycles. The summed E-state index contributed by atoms with van der Waals surface area (Å²) >= 11 is 4.30. The molecule has 0 atom stereocenters. The number of ether oxygens (including phenoxy) is 2. The Morgan fingerprint density at radius 2 is 1.89 bits per heavy atom. The van der Waals surface area contributed by atoms with Gasteiger partial charge in [-0.05, 0) is 53.7 Å². The smallest absolute Gasteiger partial charge is 0.295 e. The van der Waals surface area contributed by atoms with E-state index in [2.05, 4.69) is 21.2 Å². The van der Waals surface area contributed by atoms with Gasteiger partial charge >= 0.3 is 0 Å². The predicted octanol–water partition coefficient (Wildman–Crippen LogP) is 4.57. The summed E-state index contributed by atoms with van der Waals surface area (Å²) in [7, 11) is 3.10. The third kappa shape index (κ3) is 4.45. The molecule has 1 heterocycles. The van der Waals surface area contributed by atoms with Crippen molar-refractivity contribution in [3.8, 4) is 11.5 Å². The molecule has 0 bridgehead atoms. The lowest BCUT2D eigenvalue weighted by Gasteiger charge is -2.14. The first kappa shape index (κ1) is 19.3. The summed E-state index contributed by atoms with van der Waals surface area (Å²) < 4.78 is 11.4. The zero-order valence-corrected chi connectivity index (χ0v) is 17.1. The van der Waals surface area contributed by atoms with E-state index in [1.165, 1.54) is 4.90 Å². The summed E-state index contributed by atoms with van der Waals surface area (Å²) in [6.45, 7) is 0.102. The zero-order chi connectivity index (χ0) is 19.4. The van der Waals surface area contributed by atoms with Crippen LogP contribution in [0.2, 0.25) is 0 Å². The predicted molar refractivity (Wildman–Crippen MR) is 110 cm³/mol. The number of thioether (sulfide) groups is 1. The van der Waals surface area contributed by atoms with Crippen molar-refractivity contribution in [3.05, 3.63) is 57.4 Å². The number of nitrogens with one attached hydrogen (secondary N) is 1. The van der Waals surface area contributed by atoms with Crippen LogP contribution in [0.15, 0.2) is 51.8 Å². The van der Waals surface area contributed by atoms with Gasteiger partial charge in [0.25, 0.3) is 11.1 Å². The molecule has 1 fully saturated rings. The van der Waals surface area contributed by atoms with Gasteiger partial charge in [-0.25, -0.2) is 0 Å². The molecule has 1 saturated heterocycles. The maximum absolute atomic E-state index is 12.6. The normalized spacial score (nSPS) is 15.4. The fourth-order valence-electron chi connectivity index (χ4n) is 2.50. The number of halogens is 1. The lowest BCUT2D eigenvalue weighted by Crippen LogP contribution is -2.33. The molecule has 2 amide bonds. The molecule has 2 aromatic carbocycles. The molecule has 0 unspecified atom stereocenters. The van der Waals surface area contributed by atoms with Crippen LogP contribution < -0.4 is 14.8 Å². The molecule has 27 heavy (non-hydrogen) atoms. The molecule has 1 N–H and O–H groups in total. The van der Waals surface area contributed by atoms with Crippen molar-refractivity contribution < 1.29 is 19.1 Å². The minimum absolute atomic E-state index is 0.102. The van der Waals surface area contributed by atoms with E-state index in [1.54, 1.807) is 38.5 Å². The number of amides is 2. The number of hydrogen-bond acceptors (Lipinski definition) is 6. The van der Waals surface area contributed by atoms with Crippen LogP contribution in [0.25, 0.3) is 6.08 Å². The van der Waals surface area contributed by atoms with E-state index >= 15 is 0 Å². The topological polar surface area (TPSA) is 67.9 Å². The minimum atomic E-state index is -0.331. The first-order valence-corrected chi connectivity index (χ1v) is 9.59. The maximum Gasteiger partial charge on any atom is 0.295 e. The van der Waals surface area contributed by atoms with Crippen molar-refractivity contribution in [1.29, 1.82) is 0 Å². The third-order valence-corrected chi connectivity index (χ3v) is 5.25. The molecule has 3 rings (SSSR count). The molecular formula is C19H17BrN2O4S. The van der Waals surface area contributed by atoms with Crippen molar-refractivity contribution in [1.82, 2.24) is 4.90 Å². The summed E-state index contributed by atoms with van der Waals surface area (Å²) in [5.41, 5.74) is 1.56. The number of anilines is 1. The molecular weight excluding hydrogens is 432 g/mol. The first-order valence-electron chi connectivity index (χ1n) is 7.98. The largest absolute Gasteiger partial charge is 0.493 e. The highest BCUT2D eigenvalue weighted by atomic mass is 79.9. The Balaban J connectivity index is 1.74. The fraction of sp³-hybridized carbons (Fsp3) is 0.158. The molecule has 0 aliphatic carbocycles. The average Bonchev–Trinajstić information content (AvgIpc) is 2.93. The van der Waals surface area contributed by atoms with E-state index in [9.17, 15) is 9.59 Å². The quantitative estimate of drug-likeness (QED) is 0.652. The molecule has 1 aliphatic heterocycles. The summed E-state index contributed by atoms with van der Waals surface area (Å²) in [4.78, 5) is 26.4. The van der Waals surface area contributed by atoms with Crippen LogP contribution >= 0.6 is 27.7 Å². The second kappa shape index (κ2) is 8.49. The van der Waals surface area contributed by atoms with Gasteiger partial charge in [0.15, 0.2) is 11.5 Å². The number of hydrogen-bond donors (Lipinski definition) is 1. The Morgan fingerprint density at radius 3 is 2.59 bits per heavy atom. The van der Waals surface area contributed by atoms with Crippen LogP contribution in [0, 0.1) is 0 Å². The molecule has 140 valence electrons. The summed E-state index contributed by atoms with van der Waals surface area (Å²) in [5, 5.41) is 2.77. The summed E-state index contributed by atoms with van der Waals surface area (Å²) in [6, 6.07) is 12.8. The van der Waals surface area contributed by atoms with Gasteiger partial charge in [-0.2, -0.15) is 0 Å². The molecule has 0 radical (unpaired) electrons. The zero-order valence-electron chi connectivity index (χ0n) is 14.7. The number of methoxy groups -OCH3 is 2. The average molecular weight is 449 g/mol.